The molecule has 0 amide bonds. The zero-order valence-electron chi connectivity index (χ0n) is 21.3. The van der Waals surface area contributed by atoms with Crippen LogP contribution in [0.5, 0.6) is 23.0 Å². The standard InChI is InChI=1S/2C12H10O2.C6H12.C2H6/c2*13-11-5-1-9(2-6-11)10-3-7-12(14)8-4-10;1-2-4-6-5-3-1;1-2/h2*1-8,13-14H;1-6H2;1-2H3. The minimum Gasteiger partial charge on any atom is -0.508 e. The van der Waals surface area contributed by atoms with Crippen molar-refractivity contribution < 1.29 is 20.4 Å². The minimum atomic E-state index is 0.257. The van der Waals surface area contributed by atoms with E-state index >= 15 is 0 Å². The highest BCUT2D eigenvalue weighted by atomic mass is 16.3. The quantitative estimate of drug-likeness (QED) is 0.228. The van der Waals surface area contributed by atoms with E-state index < -0.39 is 0 Å². The van der Waals surface area contributed by atoms with Crippen molar-refractivity contribution in [3.05, 3.63) is 97.1 Å². The monoisotopic (exact) mass is 486 g/mol. The number of aromatic hydroxyl groups is 4. The molecule has 4 N–H and O–H groups in total. The Kier molecular flexibility index (Phi) is 12.5. The summed E-state index contributed by atoms with van der Waals surface area (Å²) in [5.74, 6) is 1.03. The lowest BCUT2D eigenvalue weighted by atomic mass is 10.0. The zero-order chi connectivity index (χ0) is 26.2. The van der Waals surface area contributed by atoms with Crippen LogP contribution in [0.1, 0.15) is 52.4 Å². The largest absolute Gasteiger partial charge is 0.508 e. The molecule has 0 bridgehead atoms. The van der Waals surface area contributed by atoms with E-state index in [-0.39, 0.29) is 23.0 Å². The van der Waals surface area contributed by atoms with Crippen LogP contribution in [0.4, 0.5) is 0 Å². The van der Waals surface area contributed by atoms with Crippen molar-refractivity contribution in [2.75, 3.05) is 0 Å². The van der Waals surface area contributed by atoms with Crippen LogP contribution in [0.25, 0.3) is 22.3 Å². The second-order valence-electron chi connectivity index (χ2n) is 8.31. The van der Waals surface area contributed by atoms with Crippen molar-refractivity contribution >= 4 is 0 Å². The van der Waals surface area contributed by atoms with Gasteiger partial charge in [-0.15, -0.1) is 0 Å². The molecular weight excluding hydrogens is 448 g/mol. The van der Waals surface area contributed by atoms with Gasteiger partial charge in [-0.2, -0.15) is 0 Å². The number of phenolic OH excluding ortho intramolecular Hbond substituents is 4. The third-order valence-electron chi connectivity index (χ3n) is 5.64. The predicted octanol–water partition coefficient (Wildman–Crippen LogP) is 8.90. The Morgan fingerprint density at radius 2 is 0.444 bits per heavy atom. The normalized spacial score (nSPS) is 11.9. The maximum Gasteiger partial charge on any atom is 0.115 e. The number of hydrogen-bond donors (Lipinski definition) is 4. The second-order valence-corrected chi connectivity index (χ2v) is 8.31. The number of phenols is 4. The molecule has 0 saturated heterocycles. The first kappa shape index (κ1) is 28.3. The molecule has 36 heavy (non-hydrogen) atoms. The molecule has 4 aromatic rings. The van der Waals surface area contributed by atoms with Gasteiger partial charge in [-0.1, -0.05) is 101 Å². The fourth-order valence-electron chi connectivity index (χ4n) is 3.68. The first-order valence-corrected chi connectivity index (χ1v) is 12.7. The maximum atomic E-state index is 9.11. The average Bonchev–Trinajstić information content (AvgIpc) is 2.94. The summed E-state index contributed by atoms with van der Waals surface area (Å²) >= 11 is 0. The summed E-state index contributed by atoms with van der Waals surface area (Å²) in [5.41, 5.74) is 4.07. The van der Waals surface area contributed by atoms with E-state index in [1.54, 1.807) is 48.5 Å². The highest BCUT2D eigenvalue weighted by Crippen LogP contribution is 2.24. The molecule has 1 aliphatic carbocycles. The topological polar surface area (TPSA) is 80.9 Å². The molecule has 0 aromatic heterocycles. The summed E-state index contributed by atoms with van der Waals surface area (Å²) in [6.45, 7) is 4.00. The SMILES string of the molecule is C1CCCCC1.CC.Oc1ccc(-c2ccc(O)cc2)cc1.Oc1ccc(-c2ccc(O)cc2)cc1. The highest BCUT2D eigenvalue weighted by Gasteiger charge is 1.98. The molecule has 0 radical (unpaired) electrons. The molecule has 0 heterocycles. The Bertz CT molecular complexity index is 911. The molecular formula is C32H38O4. The van der Waals surface area contributed by atoms with Gasteiger partial charge < -0.3 is 20.4 Å². The molecule has 0 aliphatic heterocycles. The van der Waals surface area contributed by atoms with Crippen LogP contribution >= 0.6 is 0 Å². The lowest BCUT2D eigenvalue weighted by Crippen LogP contribution is -1.85. The summed E-state index contributed by atoms with van der Waals surface area (Å²) in [6, 6.07) is 27.8. The summed E-state index contributed by atoms with van der Waals surface area (Å²) < 4.78 is 0. The Hall–Kier alpha value is -3.92. The van der Waals surface area contributed by atoms with Gasteiger partial charge in [-0.05, 0) is 70.8 Å². The van der Waals surface area contributed by atoms with Crippen LogP contribution in [-0.2, 0) is 0 Å². The van der Waals surface area contributed by atoms with Crippen LogP contribution in [0.2, 0.25) is 0 Å². The minimum absolute atomic E-state index is 0.257. The lowest BCUT2D eigenvalue weighted by Gasteiger charge is -2.05. The number of rotatable bonds is 2. The molecule has 0 spiro atoms. The zero-order valence-corrected chi connectivity index (χ0v) is 21.3. The van der Waals surface area contributed by atoms with Crippen LogP contribution in [-0.4, -0.2) is 20.4 Å². The molecule has 0 unspecified atom stereocenters. The highest BCUT2D eigenvalue weighted by molar-refractivity contribution is 5.65. The van der Waals surface area contributed by atoms with Gasteiger partial charge in [-0.25, -0.2) is 0 Å². The van der Waals surface area contributed by atoms with Crippen LogP contribution < -0.4 is 0 Å². The third-order valence-corrected chi connectivity index (χ3v) is 5.64. The van der Waals surface area contributed by atoms with Gasteiger partial charge in [0.05, 0.1) is 0 Å². The van der Waals surface area contributed by atoms with E-state index in [1.807, 2.05) is 62.4 Å². The first-order chi connectivity index (χ1) is 17.5. The Balaban J connectivity index is 0.000000196. The summed E-state index contributed by atoms with van der Waals surface area (Å²) in [7, 11) is 0. The van der Waals surface area contributed by atoms with Crippen molar-refractivity contribution in [3.63, 3.8) is 0 Å². The molecule has 1 fully saturated rings. The average molecular weight is 487 g/mol. The van der Waals surface area contributed by atoms with Gasteiger partial charge in [0.15, 0.2) is 0 Å². The third kappa shape index (κ3) is 10.1. The van der Waals surface area contributed by atoms with Crippen molar-refractivity contribution in [2.24, 2.45) is 0 Å². The number of benzene rings is 4. The van der Waals surface area contributed by atoms with Crippen molar-refractivity contribution in [1.82, 2.24) is 0 Å². The number of hydrogen-bond acceptors (Lipinski definition) is 4. The summed E-state index contributed by atoms with van der Waals surface area (Å²) in [5, 5.41) is 36.4. The molecule has 190 valence electrons. The molecule has 1 aliphatic rings. The van der Waals surface area contributed by atoms with E-state index in [0.29, 0.717) is 0 Å². The fraction of sp³-hybridized carbons (Fsp3) is 0.250. The van der Waals surface area contributed by atoms with Crippen molar-refractivity contribution in [2.45, 2.75) is 52.4 Å². The smallest absolute Gasteiger partial charge is 0.115 e. The van der Waals surface area contributed by atoms with Crippen LogP contribution in [0.15, 0.2) is 97.1 Å². The van der Waals surface area contributed by atoms with Gasteiger partial charge >= 0.3 is 0 Å². The molecule has 4 nitrogen and oxygen atoms in total. The second kappa shape index (κ2) is 15.9. The summed E-state index contributed by atoms with van der Waals surface area (Å²) in [4.78, 5) is 0. The van der Waals surface area contributed by atoms with E-state index in [9.17, 15) is 0 Å². The Morgan fingerprint density at radius 3 is 0.583 bits per heavy atom. The van der Waals surface area contributed by atoms with Crippen molar-refractivity contribution in [1.29, 1.82) is 0 Å². The fourth-order valence-corrected chi connectivity index (χ4v) is 3.68. The van der Waals surface area contributed by atoms with Gasteiger partial charge in [0.25, 0.3) is 0 Å². The van der Waals surface area contributed by atoms with Gasteiger partial charge in [0.2, 0.25) is 0 Å². The van der Waals surface area contributed by atoms with E-state index in [2.05, 4.69) is 0 Å². The molecule has 5 rings (SSSR count). The van der Waals surface area contributed by atoms with Crippen LogP contribution in [0, 0.1) is 0 Å². The van der Waals surface area contributed by atoms with Crippen LogP contribution in [0.3, 0.4) is 0 Å². The van der Waals surface area contributed by atoms with Crippen molar-refractivity contribution in [3.8, 4) is 45.3 Å². The molecule has 4 aromatic carbocycles. The lowest BCUT2D eigenvalue weighted by molar-refractivity contribution is 0.474. The predicted molar refractivity (Wildman–Crippen MR) is 149 cm³/mol. The Morgan fingerprint density at radius 1 is 0.306 bits per heavy atom. The van der Waals surface area contributed by atoms with Gasteiger partial charge in [0, 0.05) is 0 Å². The Labute approximate surface area is 215 Å². The van der Waals surface area contributed by atoms with E-state index in [1.165, 1.54) is 38.5 Å². The first-order valence-electron chi connectivity index (χ1n) is 12.7. The molecule has 1 saturated carbocycles. The maximum absolute atomic E-state index is 9.11. The van der Waals surface area contributed by atoms with Gasteiger partial charge in [-0.3, -0.25) is 0 Å². The molecule has 0 atom stereocenters. The van der Waals surface area contributed by atoms with E-state index in [0.717, 1.165) is 22.3 Å². The van der Waals surface area contributed by atoms with E-state index in [4.69, 9.17) is 20.4 Å². The molecule has 4 heteroatoms. The summed E-state index contributed by atoms with van der Waals surface area (Å²) in [6.07, 6.45) is 9.00. The van der Waals surface area contributed by atoms with Gasteiger partial charge in [0.1, 0.15) is 23.0 Å².